The average molecular weight is 230 g/mol. The lowest BCUT2D eigenvalue weighted by Gasteiger charge is -1.91. The summed E-state index contributed by atoms with van der Waals surface area (Å²) >= 11 is 0. The van der Waals surface area contributed by atoms with E-state index in [2.05, 4.69) is 16.8 Å². The minimum absolute atomic E-state index is 0. The molecule has 0 saturated carbocycles. The van der Waals surface area contributed by atoms with Crippen LogP contribution >= 0.6 is 12.4 Å². The van der Waals surface area contributed by atoms with Gasteiger partial charge in [0.15, 0.2) is 0 Å². The molecule has 1 aromatic heterocycles. The fraction of sp³-hybridized carbons (Fsp3) is 0.0714. The van der Waals surface area contributed by atoms with Crippen LogP contribution in [0.5, 0.6) is 0 Å². The van der Waals surface area contributed by atoms with Gasteiger partial charge in [-0.2, -0.15) is 0 Å². The van der Waals surface area contributed by atoms with E-state index in [1.54, 1.807) is 6.20 Å². The summed E-state index contributed by atoms with van der Waals surface area (Å²) in [5.41, 5.74) is 3.02. The second kappa shape index (κ2) is 5.95. The van der Waals surface area contributed by atoms with Crippen molar-refractivity contribution in [1.82, 2.24) is 4.98 Å². The van der Waals surface area contributed by atoms with Gasteiger partial charge in [-0.3, -0.25) is 0 Å². The third kappa shape index (κ3) is 3.42. The summed E-state index contributed by atoms with van der Waals surface area (Å²) in [6.07, 6.45) is 1.78. The highest BCUT2D eigenvalue weighted by Crippen LogP contribution is 1.99. The molecule has 0 saturated heterocycles. The molecule has 0 unspecified atom stereocenters. The summed E-state index contributed by atoms with van der Waals surface area (Å²) in [6, 6.07) is 13.9. The topological polar surface area (TPSA) is 12.9 Å². The molecule has 0 radical (unpaired) electrons. The normalized spacial score (nSPS) is 8.56. The molecule has 0 aliphatic rings. The molecular weight excluding hydrogens is 218 g/mol. The molecule has 1 aromatic carbocycles. The lowest BCUT2D eigenvalue weighted by atomic mass is 10.2. The Kier molecular flexibility index (Phi) is 4.57. The Hall–Kier alpha value is -1.78. The van der Waals surface area contributed by atoms with E-state index in [4.69, 9.17) is 0 Å². The number of hydrogen-bond donors (Lipinski definition) is 0. The molecule has 16 heavy (non-hydrogen) atoms. The largest absolute Gasteiger partial charge is 0.248 e. The first kappa shape index (κ1) is 12.3. The first-order valence-electron chi connectivity index (χ1n) is 4.84. The Morgan fingerprint density at radius 2 is 1.75 bits per heavy atom. The van der Waals surface area contributed by atoms with Crippen molar-refractivity contribution in [2.24, 2.45) is 0 Å². The van der Waals surface area contributed by atoms with Crippen LogP contribution < -0.4 is 0 Å². The van der Waals surface area contributed by atoms with E-state index in [1.165, 1.54) is 5.56 Å². The van der Waals surface area contributed by atoms with Gasteiger partial charge in [0.25, 0.3) is 0 Å². The molecular formula is C14H12ClN. The first-order chi connectivity index (χ1) is 7.34. The Balaban J connectivity index is 0.00000128. The molecule has 2 rings (SSSR count). The maximum absolute atomic E-state index is 4.18. The van der Waals surface area contributed by atoms with E-state index in [0.717, 1.165) is 11.3 Å². The number of hydrogen-bond acceptors (Lipinski definition) is 1. The number of pyridine rings is 1. The molecule has 1 heterocycles. The van der Waals surface area contributed by atoms with Crippen LogP contribution in [0.4, 0.5) is 0 Å². The maximum atomic E-state index is 4.18. The summed E-state index contributed by atoms with van der Waals surface area (Å²) < 4.78 is 0. The second-order valence-corrected chi connectivity index (χ2v) is 3.33. The molecule has 80 valence electrons. The van der Waals surface area contributed by atoms with Gasteiger partial charge in [-0.05, 0) is 42.7 Å². The first-order valence-corrected chi connectivity index (χ1v) is 4.84. The number of rotatable bonds is 0. The SMILES string of the molecule is Cc1ccnc(C#Cc2ccccc2)c1.Cl. The molecule has 1 nitrogen and oxygen atoms in total. The Bertz CT molecular complexity index is 509. The molecule has 0 spiro atoms. The average Bonchev–Trinajstić information content (AvgIpc) is 2.28. The zero-order valence-electron chi connectivity index (χ0n) is 8.97. The van der Waals surface area contributed by atoms with Crippen molar-refractivity contribution >= 4 is 12.4 Å². The van der Waals surface area contributed by atoms with E-state index in [9.17, 15) is 0 Å². The van der Waals surface area contributed by atoms with Crippen molar-refractivity contribution < 1.29 is 0 Å². The van der Waals surface area contributed by atoms with Crippen LogP contribution in [0, 0.1) is 18.8 Å². The Morgan fingerprint density at radius 3 is 2.44 bits per heavy atom. The van der Waals surface area contributed by atoms with Gasteiger partial charge >= 0.3 is 0 Å². The number of benzene rings is 1. The van der Waals surface area contributed by atoms with Gasteiger partial charge in [0, 0.05) is 11.8 Å². The van der Waals surface area contributed by atoms with Crippen LogP contribution in [-0.4, -0.2) is 4.98 Å². The summed E-state index contributed by atoms with van der Waals surface area (Å²) in [6.45, 7) is 2.04. The Morgan fingerprint density at radius 1 is 1.00 bits per heavy atom. The van der Waals surface area contributed by atoms with E-state index in [-0.39, 0.29) is 12.4 Å². The monoisotopic (exact) mass is 229 g/mol. The van der Waals surface area contributed by atoms with Gasteiger partial charge in [-0.1, -0.05) is 24.1 Å². The number of halogens is 1. The molecule has 0 aliphatic carbocycles. The fourth-order valence-corrected chi connectivity index (χ4v) is 1.26. The fourth-order valence-electron chi connectivity index (χ4n) is 1.26. The van der Waals surface area contributed by atoms with Crippen molar-refractivity contribution in [2.45, 2.75) is 6.92 Å². The van der Waals surface area contributed by atoms with Crippen molar-refractivity contribution in [2.75, 3.05) is 0 Å². The number of nitrogens with zero attached hydrogens (tertiary/aromatic N) is 1. The highest BCUT2D eigenvalue weighted by atomic mass is 35.5. The van der Waals surface area contributed by atoms with Crippen LogP contribution in [0.15, 0.2) is 48.7 Å². The molecule has 2 heteroatoms. The predicted molar refractivity (Wildman–Crippen MR) is 68.6 cm³/mol. The third-order valence-electron chi connectivity index (χ3n) is 2.02. The van der Waals surface area contributed by atoms with Gasteiger partial charge in [-0.15, -0.1) is 12.4 Å². The summed E-state index contributed by atoms with van der Waals surface area (Å²) in [7, 11) is 0. The highest BCUT2D eigenvalue weighted by molar-refractivity contribution is 5.85. The van der Waals surface area contributed by atoms with Crippen LogP contribution in [0.2, 0.25) is 0 Å². The standard InChI is InChI=1S/C14H11N.ClH/c1-12-9-10-15-14(11-12)8-7-13-5-3-2-4-6-13;/h2-6,9-11H,1H3;1H. The van der Waals surface area contributed by atoms with E-state index < -0.39 is 0 Å². The quantitative estimate of drug-likeness (QED) is 0.633. The van der Waals surface area contributed by atoms with Gasteiger partial charge in [0.2, 0.25) is 0 Å². The van der Waals surface area contributed by atoms with Crippen LogP contribution in [0.25, 0.3) is 0 Å². The second-order valence-electron chi connectivity index (χ2n) is 3.33. The van der Waals surface area contributed by atoms with E-state index >= 15 is 0 Å². The van der Waals surface area contributed by atoms with Crippen LogP contribution in [0.3, 0.4) is 0 Å². The van der Waals surface area contributed by atoms with Crippen molar-refractivity contribution in [3.05, 3.63) is 65.5 Å². The minimum Gasteiger partial charge on any atom is -0.248 e. The van der Waals surface area contributed by atoms with Crippen molar-refractivity contribution in [3.63, 3.8) is 0 Å². The predicted octanol–water partition coefficient (Wildman–Crippen LogP) is 3.21. The van der Waals surface area contributed by atoms with Crippen molar-refractivity contribution in [3.8, 4) is 11.8 Å². The number of aromatic nitrogens is 1. The lowest BCUT2D eigenvalue weighted by Crippen LogP contribution is -1.82. The van der Waals surface area contributed by atoms with Gasteiger partial charge in [0.05, 0.1) is 0 Å². The molecule has 0 atom stereocenters. The van der Waals surface area contributed by atoms with Gasteiger partial charge in [0.1, 0.15) is 5.69 Å². The summed E-state index contributed by atoms with van der Waals surface area (Å²) in [4.78, 5) is 4.18. The lowest BCUT2D eigenvalue weighted by molar-refractivity contribution is 1.25. The summed E-state index contributed by atoms with van der Waals surface area (Å²) in [5, 5.41) is 0. The molecule has 0 fully saturated rings. The smallest absolute Gasteiger partial charge is 0.113 e. The minimum atomic E-state index is 0. The molecule has 0 bridgehead atoms. The zero-order valence-corrected chi connectivity index (χ0v) is 9.79. The zero-order chi connectivity index (χ0) is 10.5. The maximum Gasteiger partial charge on any atom is 0.113 e. The van der Waals surface area contributed by atoms with E-state index in [1.807, 2.05) is 49.4 Å². The van der Waals surface area contributed by atoms with Crippen LogP contribution in [0.1, 0.15) is 16.8 Å². The van der Waals surface area contributed by atoms with E-state index in [0.29, 0.717) is 0 Å². The van der Waals surface area contributed by atoms with Crippen molar-refractivity contribution in [1.29, 1.82) is 0 Å². The van der Waals surface area contributed by atoms with Crippen LogP contribution in [-0.2, 0) is 0 Å². The third-order valence-corrected chi connectivity index (χ3v) is 2.02. The highest BCUT2D eigenvalue weighted by Gasteiger charge is 1.88. The number of aryl methyl sites for hydroxylation is 1. The molecule has 0 aliphatic heterocycles. The summed E-state index contributed by atoms with van der Waals surface area (Å²) in [5.74, 6) is 6.12. The molecule has 2 aromatic rings. The molecule has 0 amide bonds. The molecule has 0 N–H and O–H groups in total. The van der Waals surface area contributed by atoms with Gasteiger partial charge < -0.3 is 0 Å². The Labute approximate surface area is 102 Å². The van der Waals surface area contributed by atoms with Gasteiger partial charge in [-0.25, -0.2) is 4.98 Å².